The fourth-order valence-electron chi connectivity index (χ4n) is 1.97. The number of rotatable bonds is 2. The molecular weight excluding hydrogens is 200 g/mol. The van der Waals surface area contributed by atoms with Crippen LogP contribution < -0.4 is 0 Å². The van der Waals surface area contributed by atoms with Gasteiger partial charge in [0, 0.05) is 11.1 Å². The van der Waals surface area contributed by atoms with Crippen molar-refractivity contribution in [3.05, 3.63) is 22.8 Å². The van der Waals surface area contributed by atoms with Gasteiger partial charge in [-0.3, -0.25) is 0 Å². The fourth-order valence-corrected chi connectivity index (χ4v) is 1.97. The zero-order valence-electron chi connectivity index (χ0n) is 11.1. The summed E-state index contributed by atoms with van der Waals surface area (Å²) in [6, 6.07) is 0. The highest BCUT2D eigenvalue weighted by Gasteiger charge is 2.24. The van der Waals surface area contributed by atoms with Crippen molar-refractivity contribution in [1.29, 1.82) is 0 Å². The molecule has 3 nitrogen and oxygen atoms in total. The lowest BCUT2D eigenvalue weighted by atomic mass is 9.84. The summed E-state index contributed by atoms with van der Waals surface area (Å²) in [4.78, 5) is 8.81. The summed E-state index contributed by atoms with van der Waals surface area (Å²) in [7, 11) is 0. The molecule has 3 heteroatoms. The number of hydrogen-bond acceptors (Lipinski definition) is 3. The maximum Gasteiger partial charge on any atom is 0.154 e. The van der Waals surface area contributed by atoms with Crippen LogP contribution >= 0.6 is 0 Å². The third-order valence-corrected chi connectivity index (χ3v) is 2.61. The smallest absolute Gasteiger partial charge is 0.154 e. The van der Waals surface area contributed by atoms with E-state index in [1.54, 1.807) is 0 Å². The van der Waals surface area contributed by atoms with Crippen molar-refractivity contribution in [1.82, 2.24) is 9.97 Å². The highest BCUT2D eigenvalue weighted by Crippen LogP contribution is 2.30. The highest BCUT2D eigenvalue weighted by atomic mass is 16.3. The van der Waals surface area contributed by atoms with Crippen molar-refractivity contribution in [2.75, 3.05) is 0 Å². The largest absolute Gasteiger partial charge is 0.388 e. The van der Waals surface area contributed by atoms with Crippen LogP contribution in [0.3, 0.4) is 0 Å². The molecule has 0 bridgehead atoms. The summed E-state index contributed by atoms with van der Waals surface area (Å²) in [5.41, 5.74) is 3.24. The molecule has 1 aromatic rings. The Balaban J connectivity index is 3.47. The molecule has 0 atom stereocenters. The molecule has 0 aliphatic heterocycles. The van der Waals surface area contributed by atoms with Gasteiger partial charge in [-0.1, -0.05) is 34.6 Å². The number of hydrogen-bond donors (Lipinski definition) is 1. The van der Waals surface area contributed by atoms with Gasteiger partial charge in [0.15, 0.2) is 5.82 Å². The zero-order valence-corrected chi connectivity index (χ0v) is 11.1. The minimum absolute atomic E-state index is 0.0166. The van der Waals surface area contributed by atoms with Gasteiger partial charge in [-0.2, -0.15) is 0 Å². The molecule has 0 fully saturated rings. The van der Waals surface area contributed by atoms with Crippen molar-refractivity contribution in [2.24, 2.45) is 0 Å². The van der Waals surface area contributed by atoms with Crippen molar-refractivity contribution >= 4 is 0 Å². The molecule has 0 radical (unpaired) electrons. The summed E-state index contributed by atoms with van der Waals surface area (Å²) in [5.74, 6) is 0.925. The number of aryl methyl sites for hydroxylation is 1. The SMILES string of the molecule is Cc1nc(CO)nc(C(C)(C)C)c1C(C)C. The van der Waals surface area contributed by atoms with Crippen LogP contribution in [0.2, 0.25) is 0 Å². The summed E-state index contributed by atoms with van der Waals surface area (Å²) in [5, 5.41) is 9.16. The number of aliphatic hydroxyl groups is 1. The minimum Gasteiger partial charge on any atom is -0.388 e. The van der Waals surface area contributed by atoms with E-state index < -0.39 is 0 Å². The molecule has 0 aliphatic carbocycles. The van der Waals surface area contributed by atoms with Gasteiger partial charge in [-0.05, 0) is 18.4 Å². The van der Waals surface area contributed by atoms with Crippen molar-refractivity contribution in [2.45, 2.75) is 59.5 Å². The second kappa shape index (κ2) is 4.50. The molecule has 0 amide bonds. The van der Waals surface area contributed by atoms with Crippen molar-refractivity contribution in [3.63, 3.8) is 0 Å². The summed E-state index contributed by atoms with van der Waals surface area (Å²) >= 11 is 0. The van der Waals surface area contributed by atoms with Gasteiger partial charge in [-0.25, -0.2) is 9.97 Å². The predicted octanol–water partition coefficient (Wildman–Crippen LogP) is 2.70. The van der Waals surface area contributed by atoms with Crippen LogP contribution in [0, 0.1) is 6.92 Å². The Morgan fingerprint density at radius 1 is 1.19 bits per heavy atom. The van der Waals surface area contributed by atoms with E-state index in [4.69, 9.17) is 5.11 Å². The molecule has 1 aromatic heterocycles. The highest BCUT2D eigenvalue weighted by molar-refractivity contribution is 5.32. The van der Waals surface area contributed by atoms with Gasteiger partial charge in [0.25, 0.3) is 0 Å². The number of aliphatic hydroxyl groups excluding tert-OH is 1. The van der Waals surface area contributed by atoms with Crippen LogP contribution in [0.1, 0.15) is 63.3 Å². The van der Waals surface area contributed by atoms with Crippen LogP contribution in [0.5, 0.6) is 0 Å². The lowest BCUT2D eigenvalue weighted by molar-refractivity contribution is 0.269. The molecule has 0 aromatic carbocycles. The van der Waals surface area contributed by atoms with Gasteiger partial charge in [0.1, 0.15) is 6.61 Å². The second-order valence-electron chi connectivity index (χ2n) is 5.55. The molecule has 90 valence electrons. The van der Waals surface area contributed by atoms with Gasteiger partial charge in [0.2, 0.25) is 0 Å². The number of nitrogens with zero attached hydrogens (tertiary/aromatic N) is 2. The van der Waals surface area contributed by atoms with Crippen molar-refractivity contribution < 1.29 is 5.11 Å². The molecular formula is C13H22N2O. The van der Waals surface area contributed by atoms with Gasteiger partial charge >= 0.3 is 0 Å². The van der Waals surface area contributed by atoms with Crippen LogP contribution in [0.15, 0.2) is 0 Å². The third kappa shape index (κ3) is 2.59. The first-order valence-electron chi connectivity index (χ1n) is 5.76. The monoisotopic (exact) mass is 222 g/mol. The second-order valence-corrected chi connectivity index (χ2v) is 5.55. The normalized spacial score (nSPS) is 12.2. The first-order valence-corrected chi connectivity index (χ1v) is 5.76. The minimum atomic E-state index is -0.0949. The van der Waals surface area contributed by atoms with E-state index in [0.717, 1.165) is 11.4 Å². The van der Waals surface area contributed by atoms with E-state index in [9.17, 15) is 0 Å². The van der Waals surface area contributed by atoms with Crippen molar-refractivity contribution in [3.8, 4) is 0 Å². The maximum atomic E-state index is 9.16. The maximum absolute atomic E-state index is 9.16. The van der Waals surface area contributed by atoms with Crippen LogP contribution in [-0.2, 0) is 12.0 Å². The Morgan fingerprint density at radius 2 is 1.75 bits per heavy atom. The lowest BCUT2D eigenvalue weighted by Crippen LogP contribution is -2.21. The van der Waals surface area contributed by atoms with Gasteiger partial charge in [0.05, 0.1) is 5.69 Å². The van der Waals surface area contributed by atoms with Gasteiger partial charge < -0.3 is 5.11 Å². The molecule has 0 aliphatic rings. The molecule has 0 saturated carbocycles. The quantitative estimate of drug-likeness (QED) is 0.836. The summed E-state index contributed by atoms with van der Waals surface area (Å²) in [6.07, 6.45) is 0. The lowest BCUT2D eigenvalue weighted by Gasteiger charge is -2.25. The average molecular weight is 222 g/mol. The topological polar surface area (TPSA) is 46.0 Å². The molecule has 1 N–H and O–H groups in total. The summed E-state index contributed by atoms with van der Waals surface area (Å²) < 4.78 is 0. The van der Waals surface area contributed by atoms with E-state index in [0.29, 0.717) is 11.7 Å². The summed E-state index contributed by atoms with van der Waals surface area (Å²) in [6.45, 7) is 12.6. The Hall–Kier alpha value is -0.960. The van der Waals surface area contributed by atoms with E-state index in [2.05, 4.69) is 44.6 Å². The van der Waals surface area contributed by atoms with Crippen LogP contribution in [-0.4, -0.2) is 15.1 Å². The third-order valence-electron chi connectivity index (χ3n) is 2.61. The molecule has 0 spiro atoms. The van der Waals surface area contributed by atoms with E-state index in [1.807, 2.05) is 6.92 Å². The Kier molecular flexibility index (Phi) is 3.68. The van der Waals surface area contributed by atoms with Crippen LogP contribution in [0.25, 0.3) is 0 Å². The predicted molar refractivity (Wildman–Crippen MR) is 65.5 cm³/mol. The molecule has 1 rings (SSSR count). The fraction of sp³-hybridized carbons (Fsp3) is 0.692. The van der Waals surface area contributed by atoms with E-state index >= 15 is 0 Å². The Labute approximate surface area is 97.9 Å². The standard InChI is InChI=1S/C13H22N2O/c1-8(2)11-9(3)14-10(7-16)15-12(11)13(4,5)6/h8,16H,7H2,1-6H3. The molecule has 1 heterocycles. The first kappa shape index (κ1) is 13.1. The Bertz CT molecular complexity index is 378. The van der Waals surface area contributed by atoms with Crippen LogP contribution in [0.4, 0.5) is 0 Å². The van der Waals surface area contributed by atoms with Gasteiger partial charge in [-0.15, -0.1) is 0 Å². The molecule has 0 unspecified atom stereocenters. The average Bonchev–Trinajstić information content (AvgIpc) is 2.14. The number of aromatic nitrogens is 2. The Morgan fingerprint density at radius 3 is 2.12 bits per heavy atom. The van der Waals surface area contributed by atoms with E-state index in [1.165, 1.54) is 5.56 Å². The van der Waals surface area contributed by atoms with E-state index in [-0.39, 0.29) is 12.0 Å². The first-order chi connectivity index (χ1) is 7.27. The molecule has 0 saturated heterocycles. The zero-order chi connectivity index (χ0) is 12.5. The molecule has 16 heavy (non-hydrogen) atoms.